The lowest BCUT2D eigenvalue weighted by Crippen LogP contribution is -2.41. The van der Waals surface area contributed by atoms with Crippen molar-refractivity contribution in [2.45, 2.75) is 31.8 Å². The summed E-state index contributed by atoms with van der Waals surface area (Å²) in [5, 5.41) is 10.5. The number of benzene rings is 1. The first-order chi connectivity index (χ1) is 10.6. The largest absolute Gasteiger partial charge is 0.348 e. The summed E-state index contributed by atoms with van der Waals surface area (Å²) in [6.45, 7) is 2.96. The van der Waals surface area contributed by atoms with Crippen molar-refractivity contribution >= 4 is 5.91 Å². The molecule has 116 valence electrons. The second-order valence-electron chi connectivity index (χ2n) is 5.84. The van der Waals surface area contributed by atoms with Crippen molar-refractivity contribution in [3.8, 4) is 11.3 Å². The fraction of sp³-hybridized carbons (Fsp3) is 0.412. The number of nitrogens with one attached hydrogen (secondary N) is 2. The summed E-state index contributed by atoms with van der Waals surface area (Å²) in [5.41, 5.74) is 3.32. The van der Waals surface area contributed by atoms with Gasteiger partial charge in [-0.3, -0.25) is 9.48 Å². The Hall–Kier alpha value is -2.14. The second-order valence-corrected chi connectivity index (χ2v) is 5.84. The molecular formula is C17H22N4O. The second kappa shape index (κ2) is 6.32. The molecule has 5 heteroatoms. The van der Waals surface area contributed by atoms with Gasteiger partial charge in [0, 0.05) is 13.2 Å². The van der Waals surface area contributed by atoms with Crippen molar-refractivity contribution in [3.63, 3.8) is 0 Å². The van der Waals surface area contributed by atoms with Crippen LogP contribution in [0.2, 0.25) is 0 Å². The average molecular weight is 298 g/mol. The van der Waals surface area contributed by atoms with Crippen molar-refractivity contribution < 1.29 is 4.79 Å². The Morgan fingerprint density at radius 1 is 1.36 bits per heavy atom. The number of nitrogens with zero attached hydrogens (tertiary/aromatic N) is 2. The van der Waals surface area contributed by atoms with Gasteiger partial charge >= 0.3 is 0 Å². The maximum absolute atomic E-state index is 12.1. The van der Waals surface area contributed by atoms with E-state index in [2.05, 4.69) is 40.0 Å². The Kier molecular flexibility index (Phi) is 4.24. The lowest BCUT2D eigenvalue weighted by molar-refractivity contribution is -0.123. The highest BCUT2D eigenvalue weighted by Crippen LogP contribution is 2.21. The highest BCUT2D eigenvalue weighted by atomic mass is 16.2. The number of carbonyl (C=O) groups is 1. The summed E-state index contributed by atoms with van der Waals surface area (Å²) >= 11 is 0. The molecule has 1 amide bonds. The van der Waals surface area contributed by atoms with Gasteiger partial charge in [0.15, 0.2) is 0 Å². The van der Waals surface area contributed by atoms with Gasteiger partial charge in [0.25, 0.3) is 0 Å². The van der Waals surface area contributed by atoms with E-state index in [4.69, 9.17) is 0 Å². The number of hydrogen-bond acceptors (Lipinski definition) is 3. The van der Waals surface area contributed by atoms with E-state index in [1.807, 2.05) is 24.7 Å². The third-order valence-corrected chi connectivity index (χ3v) is 4.26. The average Bonchev–Trinajstić information content (AvgIpc) is 3.18. The molecule has 1 saturated heterocycles. The predicted molar refractivity (Wildman–Crippen MR) is 86.2 cm³/mol. The minimum absolute atomic E-state index is 0.00971. The lowest BCUT2D eigenvalue weighted by atomic mass is 10.0. The first kappa shape index (κ1) is 14.8. The van der Waals surface area contributed by atoms with E-state index in [0.717, 1.165) is 36.2 Å². The van der Waals surface area contributed by atoms with Gasteiger partial charge in [-0.1, -0.05) is 24.3 Å². The van der Waals surface area contributed by atoms with Crippen LogP contribution in [0.3, 0.4) is 0 Å². The Morgan fingerprint density at radius 2 is 2.14 bits per heavy atom. The van der Waals surface area contributed by atoms with Crippen molar-refractivity contribution in [1.29, 1.82) is 0 Å². The molecule has 2 N–H and O–H groups in total. The van der Waals surface area contributed by atoms with Gasteiger partial charge < -0.3 is 10.6 Å². The molecule has 0 bridgehead atoms. The highest BCUT2D eigenvalue weighted by Gasteiger charge is 2.23. The van der Waals surface area contributed by atoms with E-state index in [-0.39, 0.29) is 18.0 Å². The highest BCUT2D eigenvalue weighted by molar-refractivity contribution is 5.82. The van der Waals surface area contributed by atoms with E-state index in [1.54, 1.807) is 6.20 Å². The summed E-state index contributed by atoms with van der Waals surface area (Å²) in [4.78, 5) is 12.1. The van der Waals surface area contributed by atoms with Crippen LogP contribution in [0.15, 0.2) is 36.5 Å². The normalized spacial score (nSPS) is 19.1. The van der Waals surface area contributed by atoms with Crippen molar-refractivity contribution in [2.75, 3.05) is 6.54 Å². The molecule has 2 atom stereocenters. The molecule has 2 heterocycles. The first-order valence-corrected chi connectivity index (χ1v) is 7.77. The molecule has 0 unspecified atom stereocenters. The number of carbonyl (C=O) groups excluding carboxylic acids is 1. The molecule has 1 aromatic heterocycles. The van der Waals surface area contributed by atoms with Gasteiger partial charge in [0.2, 0.25) is 5.91 Å². The molecule has 0 spiro atoms. The van der Waals surface area contributed by atoms with Crippen LogP contribution in [-0.2, 0) is 11.8 Å². The standard InChI is InChI=1S/C17H22N4O/c1-12(20-17(22)15-4-3-10-18-15)13-5-7-14(8-6-13)16-9-11-19-21(16)2/h5-9,11-12,15,18H,3-4,10H2,1-2H3,(H,20,22)/t12-,15-/m0/s1. The zero-order chi connectivity index (χ0) is 15.5. The van der Waals surface area contributed by atoms with Crippen LogP contribution in [0.4, 0.5) is 0 Å². The van der Waals surface area contributed by atoms with Gasteiger partial charge in [-0.2, -0.15) is 5.10 Å². The topological polar surface area (TPSA) is 59.0 Å². The monoisotopic (exact) mass is 298 g/mol. The van der Waals surface area contributed by atoms with Gasteiger partial charge in [0.1, 0.15) is 0 Å². The molecule has 2 aromatic rings. The SMILES string of the molecule is C[C@H](NC(=O)[C@@H]1CCCN1)c1ccc(-c2ccnn2C)cc1. The minimum atomic E-state index is -0.0313. The van der Waals surface area contributed by atoms with Crippen molar-refractivity contribution in [1.82, 2.24) is 20.4 Å². The Labute approximate surface area is 130 Å². The number of aryl methyl sites for hydroxylation is 1. The maximum atomic E-state index is 12.1. The molecule has 1 aliphatic rings. The molecule has 0 saturated carbocycles. The Morgan fingerprint density at radius 3 is 2.73 bits per heavy atom. The quantitative estimate of drug-likeness (QED) is 0.908. The van der Waals surface area contributed by atoms with Crippen LogP contribution >= 0.6 is 0 Å². The van der Waals surface area contributed by atoms with Crippen LogP contribution in [0, 0.1) is 0 Å². The van der Waals surface area contributed by atoms with Gasteiger partial charge in [-0.15, -0.1) is 0 Å². The smallest absolute Gasteiger partial charge is 0.237 e. The van der Waals surface area contributed by atoms with Crippen LogP contribution in [-0.4, -0.2) is 28.3 Å². The summed E-state index contributed by atoms with van der Waals surface area (Å²) in [7, 11) is 1.93. The zero-order valence-corrected chi connectivity index (χ0v) is 13.0. The molecule has 1 aliphatic heterocycles. The van der Waals surface area contributed by atoms with E-state index in [9.17, 15) is 4.79 Å². The van der Waals surface area contributed by atoms with E-state index in [0.29, 0.717) is 0 Å². The van der Waals surface area contributed by atoms with Crippen LogP contribution in [0.1, 0.15) is 31.4 Å². The van der Waals surface area contributed by atoms with E-state index < -0.39 is 0 Å². The summed E-state index contributed by atoms with van der Waals surface area (Å²) in [5.74, 6) is 0.0979. The summed E-state index contributed by atoms with van der Waals surface area (Å²) in [6, 6.07) is 10.2. The van der Waals surface area contributed by atoms with Crippen molar-refractivity contribution in [2.24, 2.45) is 7.05 Å². The lowest BCUT2D eigenvalue weighted by Gasteiger charge is -2.18. The van der Waals surface area contributed by atoms with Gasteiger partial charge in [-0.25, -0.2) is 0 Å². The fourth-order valence-electron chi connectivity index (χ4n) is 2.91. The molecule has 0 aliphatic carbocycles. The molecule has 5 nitrogen and oxygen atoms in total. The molecule has 1 fully saturated rings. The molecular weight excluding hydrogens is 276 g/mol. The third-order valence-electron chi connectivity index (χ3n) is 4.26. The minimum Gasteiger partial charge on any atom is -0.348 e. The summed E-state index contributed by atoms with van der Waals surface area (Å²) in [6.07, 6.45) is 3.80. The number of aromatic nitrogens is 2. The molecule has 1 aromatic carbocycles. The zero-order valence-electron chi connectivity index (χ0n) is 13.0. The molecule has 0 radical (unpaired) electrons. The van der Waals surface area contributed by atoms with Gasteiger partial charge in [0.05, 0.1) is 17.8 Å². The summed E-state index contributed by atoms with van der Waals surface area (Å²) < 4.78 is 1.85. The molecule has 22 heavy (non-hydrogen) atoms. The van der Waals surface area contributed by atoms with Gasteiger partial charge in [-0.05, 0) is 43.5 Å². The van der Waals surface area contributed by atoms with Crippen LogP contribution in [0.5, 0.6) is 0 Å². The first-order valence-electron chi connectivity index (χ1n) is 7.77. The fourth-order valence-corrected chi connectivity index (χ4v) is 2.91. The number of hydrogen-bond donors (Lipinski definition) is 2. The number of amides is 1. The molecule has 3 rings (SSSR count). The van der Waals surface area contributed by atoms with Crippen LogP contribution < -0.4 is 10.6 Å². The number of rotatable bonds is 4. The van der Waals surface area contributed by atoms with E-state index >= 15 is 0 Å². The van der Waals surface area contributed by atoms with Crippen molar-refractivity contribution in [3.05, 3.63) is 42.1 Å². The van der Waals surface area contributed by atoms with E-state index in [1.165, 1.54) is 0 Å². The Balaban J connectivity index is 1.67. The predicted octanol–water partition coefficient (Wildman–Crippen LogP) is 2.02. The Bertz CT molecular complexity index is 641. The third kappa shape index (κ3) is 3.04. The maximum Gasteiger partial charge on any atom is 0.237 e. The van der Waals surface area contributed by atoms with Crippen LogP contribution in [0.25, 0.3) is 11.3 Å².